The number of ether oxygens (including phenoxy) is 1. The maximum absolute atomic E-state index is 13.0. The molecule has 1 atom stereocenters. The molecular formula is C19H30N2O4S. The van der Waals surface area contributed by atoms with Gasteiger partial charge in [-0.3, -0.25) is 4.79 Å². The van der Waals surface area contributed by atoms with E-state index in [1.807, 2.05) is 27.7 Å². The van der Waals surface area contributed by atoms with Crippen molar-refractivity contribution in [1.82, 2.24) is 9.21 Å². The average Bonchev–Trinajstić information content (AvgIpc) is 2.62. The van der Waals surface area contributed by atoms with Crippen LogP contribution in [0.25, 0.3) is 0 Å². The zero-order valence-electron chi connectivity index (χ0n) is 16.2. The first-order valence-electron chi connectivity index (χ1n) is 9.36. The van der Waals surface area contributed by atoms with Crippen molar-refractivity contribution in [2.45, 2.75) is 51.5 Å². The van der Waals surface area contributed by atoms with Crippen LogP contribution in [0.5, 0.6) is 0 Å². The number of hydrogen-bond donors (Lipinski definition) is 0. The number of piperidine rings is 1. The van der Waals surface area contributed by atoms with E-state index in [-0.39, 0.29) is 16.9 Å². The highest BCUT2D eigenvalue weighted by atomic mass is 32.2. The fraction of sp³-hybridized carbons (Fsp3) is 0.632. The standard InChI is InChI=1S/C19H30N2O4S/c1-5-21(6-2)26(23,24)17-11-10-15(4)18(13-17)19(22)20-12-8-9-16(14-20)25-7-3/h10-11,13,16H,5-9,12,14H2,1-4H3. The second kappa shape index (κ2) is 8.97. The van der Waals surface area contributed by atoms with Crippen LogP contribution in [-0.2, 0) is 14.8 Å². The number of amides is 1. The smallest absolute Gasteiger partial charge is 0.254 e. The van der Waals surface area contributed by atoms with Crippen LogP contribution in [0, 0.1) is 6.92 Å². The number of sulfonamides is 1. The lowest BCUT2D eigenvalue weighted by Crippen LogP contribution is -2.43. The van der Waals surface area contributed by atoms with Gasteiger partial charge in [0, 0.05) is 38.3 Å². The molecule has 2 rings (SSSR count). The van der Waals surface area contributed by atoms with Gasteiger partial charge < -0.3 is 9.64 Å². The Kier molecular flexibility index (Phi) is 7.20. The van der Waals surface area contributed by atoms with Crippen LogP contribution in [0.2, 0.25) is 0 Å². The third-order valence-electron chi connectivity index (χ3n) is 4.85. The zero-order valence-corrected chi connectivity index (χ0v) is 17.0. The number of likely N-dealkylation sites (tertiary alicyclic amines) is 1. The Balaban J connectivity index is 2.31. The van der Waals surface area contributed by atoms with Gasteiger partial charge in [0.05, 0.1) is 11.0 Å². The highest BCUT2D eigenvalue weighted by Gasteiger charge is 2.28. The molecule has 6 nitrogen and oxygen atoms in total. The van der Waals surface area contributed by atoms with Crippen LogP contribution in [-0.4, -0.2) is 62.4 Å². The maximum Gasteiger partial charge on any atom is 0.254 e. The van der Waals surface area contributed by atoms with E-state index in [2.05, 4.69) is 0 Å². The SMILES string of the molecule is CCOC1CCCN(C(=O)c2cc(S(=O)(=O)N(CC)CC)ccc2C)C1. The molecule has 1 aliphatic rings. The molecule has 0 aliphatic carbocycles. The zero-order chi connectivity index (χ0) is 19.3. The van der Waals surface area contributed by atoms with Crippen molar-refractivity contribution in [3.8, 4) is 0 Å². The first-order valence-corrected chi connectivity index (χ1v) is 10.8. The van der Waals surface area contributed by atoms with Gasteiger partial charge >= 0.3 is 0 Å². The summed E-state index contributed by atoms with van der Waals surface area (Å²) in [6.07, 6.45) is 1.90. The third kappa shape index (κ3) is 4.45. The van der Waals surface area contributed by atoms with Crippen molar-refractivity contribution in [3.63, 3.8) is 0 Å². The van der Waals surface area contributed by atoms with Crippen LogP contribution in [0.4, 0.5) is 0 Å². The van der Waals surface area contributed by atoms with Crippen LogP contribution in [0.3, 0.4) is 0 Å². The number of carbonyl (C=O) groups excluding carboxylic acids is 1. The number of nitrogens with zero attached hydrogens (tertiary/aromatic N) is 2. The topological polar surface area (TPSA) is 66.9 Å². The molecule has 0 bridgehead atoms. The number of aryl methyl sites for hydroxylation is 1. The molecular weight excluding hydrogens is 352 g/mol. The molecule has 1 unspecified atom stereocenters. The number of benzene rings is 1. The van der Waals surface area contributed by atoms with Gasteiger partial charge in [0.1, 0.15) is 0 Å². The normalized spacial score (nSPS) is 18.3. The Morgan fingerprint density at radius 1 is 1.27 bits per heavy atom. The van der Waals surface area contributed by atoms with E-state index in [0.29, 0.717) is 38.3 Å². The predicted molar refractivity (Wildman–Crippen MR) is 102 cm³/mol. The van der Waals surface area contributed by atoms with Crippen molar-refractivity contribution in [3.05, 3.63) is 29.3 Å². The summed E-state index contributed by atoms with van der Waals surface area (Å²) in [5, 5.41) is 0. The molecule has 1 saturated heterocycles. The van der Waals surface area contributed by atoms with E-state index < -0.39 is 10.0 Å². The summed E-state index contributed by atoms with van der Waals surface area (Å²) < 4.78 is 32.6. The van der Waals surface area contributed by atoms with Crippen LogP contribution in [0.15, 0.2) is 23.1 Å². The van der Waals surface area contributed by atoms with Crippen LogP contribution in [0.1, 0.15) is 49.5 Å². The Hall–Kier alpha value is -1.44. The van der Waals surface area contributed by atoms with Crippen molar-refractivity contribution in [2.75, 3.05) is 32.8 Å². The molecule has 0 radical (unpaired) electrons. The second-order valence-electron chi connectivity index (χ2n) is 6.54. The minimum atomic E-state index is -3.59. The molecule has 1 aliphatic heterocycles. The molecule has 1 amide bonds. The molecule has 0 aromatic heterocycles. The van der Waals surface area contributed by atoms with Crippen molar-refractivity contribution < 1.29 is 17.9 Å². The molecule has 1 fully saturated rings. The Morgan fingerprint density at radius 3 is 2.58 bits per heavy atom. The predicted octanol–water partition coefficient (Wildman–Crippen LogP) is 2.67. The minimum absolute atomic E-state index is 0.0561. The fourth-order valence-corrected chi connectivity index (χ4v) is 4.85. The van der Waals surface area contributed by atoms with Crippen molar-refractivity contribution in [2.24, 2.45) is 0 Å². The Labute approximate surface area is 157 Å². The summed E-state index contributed by atoms with van der Waals surface area (Å²) in [5.74, 6) is -0.122. The molecule has 146 valence electrons. The molecule has 0 N–H and O–H groups in total. The molecule has 1 aromatic carbocycles. The molecule has 0 saturated carbocycles. The highest BCUT2D eigenvalue weighted by Crippen LogP contribution is 2.22. The molecule has 26 heavy (non-hydrogen) atoms. The first kappa shape index (κ1) is 20.9. The van der Waals surface area contributed by atoms with E-state index >= 15 is 0 Å². The summed E-state index contributed by atoms with van der Waals surface area (Å²) in [5.41, 5.74) is 1.24. The van der Waals surface area contributed by atoms with Gasteiger partial charge in [0.25, 0.3) is 5.91 Å². The lowest BCUT2D eigenvalue weighted by molar-refractivity contribution is 0.00720. The first-order chi connectivity index (χ1) is 12.3. The average molecular weight is 383 g/mol. The van der Waals surface area contributed by atoms with E-state index in [9.17, 15) is 13.2 Å². The van der Waals surface area contributed by atoms with Gasteiger partial charge in [-0.05, 0) is 44.4 Å². The third-order valence-corrected chi connectivity index (χ3v) is 6.90. The monoisotopic (exact) mass is 382 g/mol. The van der Waals surface area contributed by atoms with Gasteiger partial charge in [0.15, 0.2) is 0 Å². The quantitative estimate of drug-likeness (QED) is 0.727. The van der Waals surface area contributed by atoms with Crippen molar-refractivity contribution in [1.29, 1.82) is 0 Å². The van der Waals surface area contributed by atoms with E-state index in [1.54, 1.807) is 17.0 Å². The second-order valence-corrected chi connectivity index (χ2v) is 8.47. The minimum Gasteiger partial charge on any atom is -0.377 e. The largest absolute Gasteiger partial charge is 0.377 e. The molecule has 1 aromatic rings. The van der Waals surface area contributed by atoms with Gasteiger partial charge in [-0.2, -0.15) is 4.31 Å². The molecule has 7 heteroatoms. The Bertz CT molecular complexity index is 727. The number of carbonyl (C=O) groups is 1. The lowest BCUT2D eigenvalue weighted by atomic mass is 10.0. The lowest BCUT2D eigenvalue weighted by Gasteiger charge is -2.33. The van der Waals surface area contributed by atoms with Gasteiger partial charge in [0.2, 0.25) is 10.0 Å². The van der Waals surface area contributed by atoms with E-state index in [0.717, 1.165) is 18.4 Å². The Morgan fingerprint density at radius 2 is 1.96 bits per heavy atom. The molecule has 0 spiro atoms. The summed E-state index contributed by atoms with van der Waals surface area (Å²) in [4.78, 5) is 15.0. The van der Waals surface area contributed by atoms with Crippen LogP contribution >= 0.6 is 0 Å². The van der Waals surface area contributed by atoms with Crippen molar-refractivity contribution >= 4 is 15.9 Å². The van der Waals surface area contributed by atoms with Gasteiger partial charge in [-0.15, -0.1) is 0 Å². The van der Waals surface area contributed by atoms with Gasteiger partial charge in [-0.1, -0.05) is 19.9 Å². The molecule has 1 heterocycles. The summed E-state index contributed by atoms with van der Waals surface area (Å²) in [6, 6.07) is 4.82. The van der Waals surface area contributed by atoms with E-state index in [4.69, 9.17) is 4.74 Å². The van der Waals surface area contributed by atoms with Gasteiger partial charge in [-0.25, -0.2) is 8.42 Å². The highest BCUT2D eigenvalue weighted by molar-refractivity contribution is 7.89. The number of rotatable bonds is 7. The number of hydrogen-bond acceptors (Lipinski definition) is 4. The summed E-state index contributed by atoms with van der Waals surface area (Å²) >= 11 is 0. The summed E-state index contributed by atoms with van der Waals surface area (Å²) in [7, 11) is -3.59. The fourth-order valence-electron chi connectivity index (χ4n) is 3.37. The summed E-state index contributed by atoms with van der Waals surface area (Å²) in [6.45, 7) is 10.1. The van der Waals surface area contributed by atoms with Crippen LogP contribution < -0.4 is 0 Å². The maximum atomic E-state index is 13.0. The van der Waals surface area contributed by atoms with E-state index in [1.165, 1.54) is 10.4 Å².